The lowest BCUT2D eigenvalue weighted by molar-refractivity contribution is 0.140. The fourth-order valence-corrected chi connectivity index (χ4v) is 4.22. The molecule has 2 unspecified atom stereocenters. The van der Waals surface area contributed by atoms with Crippen LogP contribution in [0.5, 0.6) is 17.2 Å². The van der Waals surface area contributed by atoms with E-state index >= 15 is 0 Å². The standard InChI is InChI=1S/C23H40N4O3/c1-7-24-23(25-9-8-10-27-15-17(2)11-18(3)16-27)26-14-19-12-20(28-4)22(30-6)21(13-19)29-5/h12-13,17-18H,7-11,14-16H2,1-6H3,(H2,24,25,26). The van der Waals surface area contributed by atoms with Crippen LogP contribution in [0.25, 0.3) is 0 Å². The fraction of sp³-hybridized carbons (Fsp3) is 0.696. The van der Waals surface area contributed by atoms with E-state index in [0.29, 0.717) is 23.8 Å². The van der Waals surface area contributed by atoms with Crippen molar-refractivity contribution >= 4 is 5.96 Å². The Hall–Kier alpha value is -2.15. The highest BCUT2D eigenvalue weighted by Gasteiger charge is 2.21. The molecule has 0 radical (unpaired) electrons. The van der Waals surface area contributed by atoms with Gasteiger partial charge in [-0.1, -0.05) is 13.8 Å². The average Bonchev–Trinajstić information content (AvgIpc) is 2.73. The molecule has 2 atom stereocenters. The smallest absolute Gasteiger partial charge is 0.203 e. The molecule has 0 bridgehead atoms. The van der Waals surface area contributed by atoms with Gasteiger partial charge in [-0.05, 0) is 55.8 Å². The summed E-state index contributed by atoms with van der Waals surface area (Å²) in [6.07, 6.45) is 2.46. The first-order valence-electron chi connectivity index (χ1n) is 11.0. The number of nitrogens with zero attached hydrogens (tertiary/aromatic N) is 2. The topological polar surface area (TPSA) is 67.4 Å². The minimum absolute atomic E-state index is 0.521. The lowest BCUT2D eigenvalue weighted by Crippen LogP contribution is -2.41. The number of nitrogens with one attached hydrogen (secondary N) is 2. The summed E-state index contributed by atoms with van der Waals surface area (Å²) >= 11 is 0. The second kappa shape index (κ2) is 12.5. The Bertz CT molecular complexity index is 645. The van der Waals surface area contributed by atoms with Crippen molar-refractivity contribution in [2.45, 2.75) is 40.2 Å². The minimum Gasteiger partial charge on any atom is -0.493 e. The highest BCUT2D eigenvalue weighted by atomic mass is 16.5. The largest absolute Gasteiger partial charge is 0.493 e. The van der Waals surface area contributed by atoms with Gasteiger partial charge in [-0.2, -0.15) is 0 Å². The fourth-order valence-electron chi connectivity index (χ4n) is 4.22. The summed E-state index contributed by atoms with van der Waals surface area (Å²) in [5, 5.41) is 6.78. The van der Waals surface area contributed by atoms with Crippen LogP contribution in [0.3, 0.4) is 0 Å². The quantitative estimate of drug-likeness (QED) is 0.344. The third-order valence-corrected chi connectivity index (χ3v) is 5.38. The molecule has 0 saturated carbocycles. The molecule has 0 amide bonds. The van der Waals surface area contributed by atoms with Crippen LogP contribution in [0.4, 0.5) is 0 Å². The molecule has 1 saturated heterocycles. The van der Waals surface area contributed by atoms with E-state index in [1.54, 1.807) is 21.3 Å². The van der Waals surface area contributed by atoms with Crippen molar-refractivity contribution in [3.05, 3.63) is 17.7 Å². The Morgan fingerprint density at radius 1 is 1.03 bits per heavy atom. The van der Waals surface area contributed by atoms with Crippen molar-refractivity contribution in [1.29, 1.82) is 0 Å². The van der Waals surface area contributed by atoms with Crippen LogP contribution in [0, 0.1) is 11.8 Å². The number of aliphatic imine (C=N–C) groups is 1. The third-order valence-electron chi connectivity index (χ3n) is 5.38. The van der Waals surface area contributed by atoms with Crippen LogP contribution >= 0.6 is 0 Å². The highest BCUT2D eigenvalue weighted by Crippen LogP contribution is 2.38. The van der Waals surface area contributed by atoms with Gasteiger partial charge in [0.15, 0.2) is 17.5 Å². The number of guanidine groups is 1. The van der Waals surface area contributed by atoms with E-state index in [0.717, 1.165) is 49.4 Å². The maximum Gasteiger partial charge on any atom is 0.203 e. The zero-order chi connectivity index (χ0) is 21.9. The second-order valence-electron chi connectivity index (χ2n) is 8.21. The Morgan fingerprint density at radius 2 is 1.67 bits per heavy atom. The predicted molar refractivity (Wildman–Crippen MR) is 123 cm³/mol. The van der Waals surface area contributed by atoms with E-state index < -0.39 is 0 Å². The van der Waals surface area contributed by atoms with E-state index in [2.05, 4.69) is 36.3 Å². The summed E-state index contributed by atoms with van der Waals surface area (Å²) in [7, 11) is 4.86. The SMILES string of the molecule is CCNC(=NCc1cc(OC)c(OC)c(OC)c1)NCCCN1CC(C)CC(C)C1. The Morgan fingerprint density at radius 3 is 2.20 bits per heavy atom. The maximum absolute atomic E-state index is 5.44. The summed E-state index contributed by atoms with van der Waals surface area (Å²) in [6, 6.07) is 3.88. The molecule has 1 aliphatic heterocycles. The van der Waals surface area contributed by atoms with Crippen LogP contribution in [0.2, 0.25) is 0 Å². The molecule has 7 heteroatoms. The first-order valence-corrected chi connectivity index (χ1v) is 11.0. The molecule has 1 heterocycles. The number of likely N-dealkylation sites (tertiary alicyclic amines) is 1. The van der Waals surface area contributed by atoms with Gasteiger partial charge in [0, 0.05) is 26.2 Å². The predicted octanol–water partition coefficient (Wildman–Crippen LogP) is 3.14. The van der Waals surface area contributed by atoms with Crippen molar-refractivity contribution in [3.63, 3.8) is 0 Å². The minimum atomic E-state index is 0.521. The van der Waals surface area contributed by atoms with Gasteiger partial charge in [-0.15, -0.1) is 0 Å². The van der Waals surface area contributed by atoms with Crippen LogP contribution in [0.15, 0.2) is 17.1 Å². The molecule has 0 aliphatic carbocycles. The van der Waals surface area contributed by atoms with Gasteiger partial charge < -0.3 is 29.7 Å². The van der Waals surface area contributed by atoms with Crippen LogP contribution in [-0.2, 0) is 6.54 Å². The number of piperidine rings is 1. The first kappa shape index (κ1) is 24.1. The number of ether oxygens (including phenoxy) is 3. The van der Waals surface area contributed by atoms with Crippen LogP contribution < -0.4 is 24.8 Å². The summed E-state index contributed by atoms with van der Waals surface area (Å²) in [6.45, 7) is 12.6. The average molecular weight is 421 g/mol. The summed E-state index contributed by atoms with van der Waals surface area (Å²) in [5.41, 5.74) is 0.998. The van der Waals surface area contributed by atoms with Gasteiger partial charge in [-0.3, -0.25) is 0 Å². The molecule has 0 spiro atoms. The van der Waals surface area contributed by atoms with Gasteiger partial charge in [0.1, 0.15) is 0 Å². The lowest BCUT2D eigenvalue weighted by Gasteiger charge is -2.35. The Balaban J connectivity index is 1.91. The molecule has 170 valence electrons. The molecular formula is C23H40N4O3. The zero-order valence-electron chi connectivity index (χ0n) is 19.6. The molecule has 1 aromatic carbocycles. The normalized spacial score (nSPS) is 20.0. The molecule has 1 aromatic rings. The Kier molecular flexibility index (Phi) is 10.1. The summed E-state index contributed by atoms with van der Waals surface area (Å²) in [5.74, 6) is 4.32. The van der Waals surface area contributed by atoms with Crippen molar-refractivity contribution in [2.75, 3.05) is 54.1 Å². The summed E-state index contributed by atoms with van der Waals surface area (Å²) in [4.78, 5) is 7.33. The van der Waals surface area contributed by atoms with E-state index in [1.807, 2.05) is 12.1 Å². The number of benzene rings is 1. The van der Waals surface area contributed by atoms with Gasteiger partial charge >= 0.3 is 0 Å². The molecule has 7 nitrogen and oxygen atoms in total. The van der Waals surface area contributed by atoms with Gasteiger partial charge in [0.05, 0.1) is 27.9 Å². The monoisotopic (exact) mass is 420 g/mol. The molecule has 1 aliphatic rings. The zero-order valence-corrected chi connectivity index (χ0v) is 19.6. The molecule has 2 rings (SSSR count). The van der Waals surface area contributed by atoms with Crippen molar-refractivity contribution in [1.82, 2.24) is 15.5 Å². The van der Waals surface area contributed by atoms with Gasteiger partial charge in [-0.25, -0.2) is 4.99 Å². The Labute approximate surface area is 182 Å². The van der Waals surface area contributed by atoms with E-state index in [4.69, 9.17) is 19.2 Å². The number of methoxy groups -OCH3 is 3. The van der Waals surface area contributed by atoms with Crippen molar-refractivity contribution < 1.29 is 14.2 Å². The highest BCUT2D eigenvalue weighted by molar-refractivity contribution is 5.79. The summed E-state index contributed by atoms with van der Waals surface area (Å²) < 4.78 is 16.3. The van der Waals surface area contributed by atoms with Crippen molar-refractivity contribution in [3.8, 4) is 17.2 Å². The molecule has 2 N–H and O–H groups in total. The van der Waals surface area contributed by atoms with Crippen LogP contribution in [0.1, 0.15) is 39.2 Å². The van der Waals surface area contributed by atoms with E-state index in [9.17, 15) is 0 Å². The molecule has 30 heavy (non-hydrogen) atoms. The number of hydrogen-bond acceptors (Lipinski definition) is 5. The van der Waals surface area contributed by atoms with Gasteiger partial charge in [0.25, 0.3) is 0 Å². The number of rotatable bonds is 10. The van der Waals surface area contributed by atoms with E-state index in [1.165, 1.54) is 19.5 Å². The van der Waals surface area contributed by atoms with Crippen LogP contribution in [-0.4, -0.2) is 64.9 Å². The maximum atomic E-state index is 5.44. The lowest BCUT2D eigenvalue weighted by atomic mass is 9.92. The molecule has 0 aromatic heterocycles. The first-order chi connectivity index (χ1) is 14.5. The van der Waals surface area contributed by atoms with Gasteiger partial charge in [0.2, 0.25) is 5.75 Å². The third kappa shape index (κ3) is 7.27. The molecule has 1 fully saturated rings. The number of hydrogen-bond donors (Lipinski definition) is 2. The van der Waals surface area contributed by atoms with Crippen molar-refractivity contribution in [2.24, 2.45) is 16.8 Å². The molecular weight excluding hydrogens is 380 g/mol. The second-order valence-corrected chi connectivity index (χ2v) is 8.21. The van der Waals surface area contributed by atoms with E-state index in [-0.39, 0.29) is 0 Å².